The molecule has 0 radical (unpaired) electrons. The summed E-state index contributed by atoms with van der Waals surface area (Å²) in [5, 5.41) is 27.3. The molecule has 0 fully saturated rings. The van der Waals surface area contributed by atoms with Gasteiger partial charge in [0.1, 0.15) is 0 Å². The quantitative estimate of drug-likeness (QED) is 0.105. The van der Waals surface area contributed by atoms with Gasteiger partial charge in [0.2, 0.25) is 0 Å². The van der Waals surface area contributed by atoms with E-state index >= 15 is 0 Å². The van der Waals surface area contributed by atoms with Gasteiger partial charge in [-0.3, -0.25) is 0 Å². The van der Waals surface area contributed by atoms with Crippen LogP contribution in [0.25, 0.3) is 131 Å². The van der Waals surface area contributed by atoms with E-state index in [-0.39, 0.29) is 24.8 Å². The van der Waals surface area contributed by atoms with Crippen molar-refractivity contribution >= 4 is 118 Å². The topological polar surface area (TPSA) is 0 Å². The van der Waals surface area contributed by atoms with Crippen molar-refractivity contribution in [3.8, 4) is 44.5 Å². The van der Waals surface area contributed by atoms with Crippen LogP contribution in [0.15, 0.2) is 413 Å². The number of halogens is 2. The normalized spacial score (nSPS) is 10.7. The van der Waals surface area contributed by atoms with Crippen molar-refractivity contribution in [2.45, 2.75) is 27.7 Å². The fraction of sp³-hybridized carbons (Fsp3) is 0.0385. The first-order valence-corrected chi connectivity index (χ1v) is 50.8. The van der Waals surface area contributed by atoms with Crippen molar-refractivity contribution in [3.63, 3.8) is 0 Å². The molecule has 20 aromatic rings. The zero-order valence-electron chi connectivity index (χ0n) is 62.0. The van der Waals surface area contributed by atoms with E-state index in [0.29, 0.717) is 0 Å². The Balaban J connectivity index is 0.000000116. The first-order valence-electron chi connectivity index (χ1n) is 37.0. The molecule has 0 bridgehead atoms. The molecule has 0 atom stereocenters. The molecule has 20 aromatic carbocycles. The van der Waals surface area contributed by atoms with Crippen LogP contribution >= 0.6 is 0 Å². The summed E-state index contributed by atoms with van der Waals surface area (Å²) in [5.74, 6) is 0. The van der Waals surface area contributed by atoms with E-state index in [1.165, 1.54) is 220 Å². The molecule has 0 heterocycles. The fourth-order valence-electron chi connectivity index (χ4n) is 15.1. The predicted molar refractivity (Wildman–Crippen MR) is 465 cm³/mol. The van der Waals surface area contributed by atoms with E-state index in [9.17, 15) is 0 Å². The van der Waals surface area contributed by atoms with Gasteiger partial charge in [-0.25, -0.2) is 0 Å². The van der Waals surface area contributed by atoms with E-state index in [1.54, 1.807) is 0 Å². The Morgan fingerprint density at radius 1 is 0.182 bits per heavy atom. The third-order valence-electron chi connectivity index (χ3n) is 20.1. The molecule has 0 saturated heterocycles. The first-order chi connectivity index (χ1) is 53.1. The SMILES string of the molecule is Cc1cc2c(-c3cccc4ccccc34)cccc2[cH-]1.Cc1cc2c(-c3cccc4ccccc34)cccc2[cH-]1.Cc1cc2c(-c3cccc4ccccc34)cccc2[cH-]1.Cc1cc2c(-c3cccc4ccccc34)cccc2[cH-]1.[Cl-].[Cl-].[Hf+2]=[Si](c1ccccc1)c1ccccc1.[Hf+2]=[Si](c1ccccc1)c1ccccc1. The molecule has 0 unspecified atom stereocenters. The molecule has 110 heavy (non-hydrogen) atoms. The molecule has 0 aliphatic heterocycles. The second kappa shape index (κ2) is 37.0. The van der Waals surface area contributed by atoms with Gasteiger partial charge in [-0.1, -0.05) is 244 Å². The van der Waals surface area contributed by atoms with Crippen molar-refractivity contribution < 1.29 is 70.8 Å². The van der Waals surface area contributed by atoms with E-state index in [4.69, 9.17) is 0 Å². The maximum atomic E-state index is 2.28. The molecule has 0 aliphatic rings. The maximum absolute atomic E-state index is 2.28. The molecular weight excluding hydrogens is 1730 g/mol. The number of hydrogen-bond donors (Lipinski definition) is 0. The minimum atomic E-state index is -0.406. The van der Waals surface area contributed by atoms with Crippen molar-refractivity contribution in [3.05, 3.63) is 435 Å². The van der Waals surface area contributed by atoms with Gasteiger partial charge in [0, 0.05) is 0 Å². The van der Waals surface area contributed by atoms with Crippen LogP contribution in [0.3, 0.4) is 0 Å². The summed E-state index contributed by atoms with van der Waals surface area (Å²) < 4.78 is 0. The van der Waals surface area contributed by atoms with Crippen LogP contribution in [0.2, 0.25) is 0 Å². The molecular formula is C104H80Cl2Hf2Si2-2. The summed E-state index contributed by atoms with van der Waals surface area (Å²) in [4.78, 5) is 0. The van der Waals surface area contributed by atoms with E-state index < -0.39 is 11.0 Å². The molecule has 0 aliphatic carbocycles. The Morgan fingerprint density at radius 3 is 0.555 bits per heavy atom. The summed E-state index contributed by atoms with van der Waals surface area (Å²) >= 11 is 2.53. The number of hydrogen-bond acceptors (Lipinski definition) is 0. The van der Waals surface area contributed by atoms with Crippen molar-refractivity contribution in [1.82, 2.24) is 0 Å². The monoisotopic (exact) mass is 1810 g/mol. The van der Waals surface area contributed by atoms with Crippen LogP contribution in [0.4, 0.5) is 0 Å². The van der Waals surface area contributed by atoms with Gasteiger partial charge in [0.25, 0.3) is 0 Å². The van der Waals surface area contributed by atoms with Gasteiger partial charge >= 0.3 is 199 Å². The molecule has 6 heteroatoms. The third kappa shape index (κ3) is 18.0. The molecule has 0 saturated carbocycles. The molecule has 528 valence electrons. The summed E-state index contributed by atoms with van der Waals surface area (Å²) in [6.45, 7) is 8.64. The van der Waals surface area contributed by atoms with Crippen LogP contribution in [0, 0.1) is 27.7 Å². The van der Waals surface area contributed by atoms with Gasteiger partial charge < -0.3 is 24.8 Å². The number of benzene rings is 16. The van der Waals surface area contributed by atoms with Gasteiger partial charge in [-0.05, 0) is 65.3 Å². The standard InChI is InChI=1S/4C20H15.2C12H10Si.2ClH.2Hf/c4*1-14-12-16-8-5-11-19(20(16)13-14)18-10-4-7-15-6-2-3-9-17(15)18;2*1-3-7-11(8-4-1)13-12-9-5-2-6-10-12;;;;/h4*2-13H,1H3;2*1-10H;2*1H;;/q4*-1;;;;;2*+2/p-2. The van der Waals surface area contributed by atoms with Crippen LogP contribution in [-0.2, 0) is 46.0 Å². The number of aryl methyl sites for hydroxylation is 4. The van der Waals surface area contributed by atoms with Gasteiger partial charge in [0.05, 0.1) is 0 Å². The minimum absolute atomic E-state index is 0. The average molecular weight is 1810 g/mol. The van der Waals surface area contributed by atoms with Crippen molar-refractivity contribution in [1.29, 1.82) is 0 Å². The average Bonchev–Trinajstić information content (AvgIpc) is 1.64. The molecule has 0 aromatic heterocycles. The van der Waals surface area contributed by atoms with E-state index in [0.717, 1.165) is 0 Å². The predicted octanol–water partition coefficient (Wildman–Crippen LogP) is 19.4. The van der Waals surface area contributed by atoms with Crippen molar-refractivity contribution in [2.75, 3.05) is 0 Å². The summed E-state index contributed by atoms with van der Waals surface area (Å²) in [7, 11) is 0. The zero-order chi connectivity index (χ0) is 73.7. The molecule has 20 rings (SSSR count). The van der Waals surface area contributed by atoms with Gasteiger partial charge in [-0.15, -0.1) is 138 Å². The summed E-state index contributed by atoms with van der Waals surface area (Å²) in [6, 6.07) is 149. The zero-order valence-corrected chi connectivity index (χ0v) is 72.7. The Kier molecular flexibility index (Phi) is 26.2. The second-order valence-corrected chi connectivity index (χ2v) is 42.3. The van der Waals surface area contributed by atoms with Gasteiger partial charge in [0.15, 0.2) is 0 Å². The number of rotatable bonds is 8. The van der Waals surface area contributed by atoms with Crippen molar-refractivity contribution in [2.24, 2.45) is 0 Å². The van der Waals surface area contributed by atoms with Crippen LogP contribution in [-0.4, -0.2) is 11.0 Å². The number of fused-ring (bicyclic) bond motifs is 8. The van der Waals surface area contributed by atoms with Crippen LogP contribution in [0.5, 0.6) is 0 Å². The van der Waals surface area contributed by atoms with Crippen LogP contribution < -0.4 is 45.6 Å². The molecule has 0 amide bonds. The second-order valence-electron chi connectivity index (χ2n) is 27.7. The third-order valence-corrected chi connectivity index (χ3v) is 36.2. The van der Waals surface area contributed by atoms with E-state index in [2.05, 4.69) is 440 Å². The van der Waals surface area contributed by atoms with E-state index in [1.807, 2.05) is 0 Å². The molecule has 0 nitrogen and oxygen atoms in total. The Bertz CT molecular complexity index is 5710. The van der Waals surface area contributed by atoms with Gasteiger partial charge in [-0.2, -0.15) is 24.3 Å². The first kappa shape index (κ1) is 77.9. The molecule has 0 spiro atoms. The Labute approximate surface area is 688 Å². The fourth-order valence-corrected chi connectivity index (χ4v) is 25.0. The van der Waals surface area contributed by atoms with Crippen LogP contribution in [0.1, 0.15) is 22.3 Å². The summed E-state index contributed by atoms with van der Waals surface area (Å²) in [6.07, 6.45) is 0. The molecule has 0 N–H and O–H groups in total. The Morgan fingerprint density at radius 2 is 0.345 bits per heavy atom. The summed E-state index contributed by atoms with van der Waals surface area (Å²) in [5.41, 5.74) is 15.1. The Hall–Kier alpha value is -10.2.